The fourth-order valence-electron chi connectivity index (χ4n) is 2.91. The standard InChI is InChI=1S/C13H7N4O4.C6H15N/c14-5-9-11(10(6-15)13(19)16-12(9)18)7-2-1-3-8(4-7)17(20)21;1-4-7(5-2)6-3/h1-4,9,11H,(H,16,18,19);4-6H2,1-3H3/q-1;/p+1. The van der Waals surface area contributed by atoms with Crippen LogP contribution in [0.25, 0.3) is 5.41 Å². The van der Waals surface area contributed by atoms with Crippen LogP contribution in [-0.2, 0) is 9.59 Å². The van der Waals surface area contributed by atoms with Crippen LogP contribution in [0, 0.1) is 27.4 Å². The van der Waals surface area contributed by atoms with Gasteiger partial charge in [0.1, 0.15) is 5.92 Å². The summed E-state index contributed by atoms with van der Waals surface area (Å²) in [7, 11) is 0. The fourth-order valence-corrected chi connectivity index (χ4v) is 2.91. The third-order valence-corrected chi connectivity index (χ3v) is 4.61. The van der Waals surface area contributed by atoms with Crippen LogP contribution in [0.5, 0.6) is 0 Å². The molecule has 0 saturated carbocycles. The molecule has 0 aliphatic carbocycles. The quantitative estimate of drug-likeness (QED) is 0.251. The second kappa shape index (κ2) is 10.7. The second-order valence-electron chi connectivity index (χ2n) is 6.09. The molecular formula is C19H23N5O4. The zero-order valence-corrected chi connectivity index (χ0v) is 16.1. The normalized spacial score (nSPS) is 18.5. The highest BCUT2D eigenvalue weighted by Crippen LogP contribution is 2.35. The topological polar surface area (TPSA) is 140 Å². The fraction of sp³-hybridized carbons (Fsp3) is 0.421. The van der Waals surface area contributed by atoms with Gasteiger partial charge in [0.25, 0.3) is 11.6 Å². The number of imide groups is 1. The molecule has 2 N–H and O–H groups in total. The number of nitro benzene ring substituents is 1. The first-order valence-electron chi connectivity index (χ1n) is 8.94. The van der Waals surface area contributed by atoms with E-state index < -0.39 is 28.6 Å². The molecule has 1 aliphatic rings. The molecule has 0 aromatic heterocycles. The van der Waals surface area contributed by atoms with E-state index in [1.54, 1.807) is 16.8 Å². The van der Waals surface area contributed by atoms with Crippen LogP contribution in [-0.4, -0.2) is 42.2 Å². The number of carbonyl (C=O) groups is 2. The smallest absolute Gasteiger partial charge is 0.269 e. The molecule has 1 aliphatic heterocycles. The van der Waals surface area contributed by atoms with Crippen molar-refractivity contribution >= 4 is 23.4 Å². The van der Waals surface area contributed by atoms with Crippen LogP contribution in [0.2, 0.25) is 0 Å². The average molecular weight is 385 g/mol. The molecule has 0 bridgehead atoms. The number of quaternary nitrogens is 1. The maximum atomic E-state index is 11.7. The van der Waals surface area contributed by atoms with Gasteiger partial charge in [-0.1, -0.05) is 12.1 Å². The highest BCUT2D eigenvalue weighted by molar-refractivity contribution is 6.14. The zero-order valence-electron chi connectivity index (χ0n) is 16.1. The Hall–Kier alpha value is -3.34. The van der Waals surface area contributed by atoms with E-state index in [0.717, 1.165) is 6.07 Å². The predicted octanol–water partition coefficient (Wildman–Crippen LogP) is 0.571. The van der Waals surface area contributed by atoms with Gasteiger partial charge in [-0.2, -0.15) is 5.26 Å². The first kappa shape index (κ1) is 22.7. The molecule has 0 spiro atoms. The SMILES string of the molecule is CC[NH+](CC)CC.N#CC1C(=O)NC(=O)C(=C=[N-])C1c1cccc([N+](=O)[O-])c1. The van der Waals surface area contributed by atoms with E-state index in [1.165, 1.54) is 37.8 Å². The monoisotopic (exact) mass is 385 g/mol. The van der Waals surface area contributed by atoms with Crippen molar-refractivity contribution in [3.63, 3.8) is 0 Å². The first-order valence-corrected chi connectivity index (χ1v) is 8.94. The number of nitrogens with zero attached hydrogens (tertiary/aromatic N) is 3. The number of hydrogen-bond donors (Lipinski definition) is 2. The molecule has 2 amide bonds. The Labute approximate surface area is 163 Å². The molecule has 9 nitrogen and oxygen atoms in total. The zero-order chi connectivity index (χ0) is 21.3. The van der Waals surface area contributed by atoms with Crippen LogP contribution in [0.4, 0.5) is 5.69 Å². The van der Waals surface area contributed by atoms with Gasteiger partial charge in [-0.15, -0.1) is 0 Å². The summed E-state index contributed by atoms with van der Waals surface area (Å²) in [4.78, 5) is 35.2. The lowest BCUT2D eigenvalue weighted by Gasteiger charge is -2.28. The van der Waals surface area contributed by atoms with Gasteiger partial charge in [0, 0.05) is 23.6 Å². The number of nitriles is 1. The van der Waals surface area contributed by atoms with Crippen LogP contribution in [0.15, 0.2) is 29.8 Å². The lowest BCUT2D eigenvalue weighted by Crippen LogP contribution is -3.11. The van der Waals surface area contributed by atoms with E-state index in [1.807, 2.05) is 5.32 Å². The van der Waals surface area contributed by atoms with Gasteiger partial charge in [-0.3, -0.25) is 30.9 Å². The van der Waals surface area contributed by atoms with Crippen LogP contribution in [0.1, 0.15) is 32.3 Å². The number of amides is 2. The summed E-state index contributed by atoms with van der Waals surface area (Å²) in [6, 6.07) is 6.92. The van der Waals surface area contributed by atoms with Crippen molar-refractivity contribution in [2.75, 3.05) is 19.6 Å². The summed E-state index contributed by atoms with van der Waals surface area (Å²) in [6.45, 7) is 10.5. The third-order valence-electron chi connectivity index (χ3n) is 4.61. The summed E-state index contributed by atoms with van der Waals surface area (Å²) in [5.41, 5.74) is -0.364. The lowest BCUT2D eigenvalue weighted by atomic mass is 9.78. The Morgan fingerprint density at radius 1 is 1.25 bits per heavy atom. The summed E-state index contributed by atoms with van der Waals surface area (Å²) in [6.07, 6.45) is 0. The van der Waals surface area contributed by atoms with E-state index in [-0.39, 0.29) is 16.8 Å². The molecule has 2 atom stereocenters. The molecular weight excluding hydrogens is 362 g/mol. The average Bonchev–Trinajstić information content (AvgIpc) is 2.69. The van der Waals surface area contributed by atoms with Crippen molar-refractivity contribution < 1.29 is 19.4 Å². The van der Waals surface area contributed by atoms with Gasteiger partial charge < -0.3 is 10.3 Å². The van der Waals surface area contributed by atoms with E-state index in [9.17, 15) is 19.7 Å². The first-order chi connectivity index (χ1) is 13.3. The van der Waals surface area contributed by atoms with Crippen LogP contribution < -0.4 is 10.2 Å². The van der Waals surface area contributed by atoms with Crippen molar-refractivity contribution in [3.8, 4) is 6.07 Å². The minimum absolute atomic E-state index is 0.204. The Balaban J connectivity index is 0.000000480. The predicted molar refractivity (Wildman–Crippen MR) is 103 cm³/mol. The highest BCUT2D eigenvalue weighted by atomic mass is 16.6. The summed E-state index contributed by atoms with van der Waals surface area (Å²) < 4.78 is 0. The number of carbonyl (C=O) groups excluding carboxylic acids is 2. The molecule has 28 heavy (non-hydrogen) atoms. The maximum absolute atomic E-state index is 11.7. The minimum Gasteiger partial charge on any atom is -0.763 e. The molecule has 1 heterocycles. The van der Waals surface area contributed by atoms with Gasteiger partial charge in [-0.25, -0.2) is 0 Å². The Bertz CT molecular complexity index is 829. The van der Waals surface area contributed by atoms with E-state index in [0.29, 0.717) is 0 Å². The molecule has 1 aromatic carbocycles. The molecule has 2 unspecified atom stereocenters. The maximum Gasteiger partial charge on any atom is 0.269 e. The molecule has 9 heteroatoms. The van der Waals surface area contributed by atoms with Crippen molar-refractivity contribution in [1.29, 1.82) is 5.26 Å². The summed E-state index contributed by atoms with van der Waals surface area (Å²) in [5, 5.41) is 30.9. The highest BCUT2D eigenvalue weighted by Gasteiger charge is 2.40. The van der Waals surface area contributed by atoms with Crippen LogP contribution >= 0.6 is 0 Å². The summed E-state index contributed by atoms with van der Waals surface area (Å²) in [5.74, 6) is -2.44. The Morgan fingerprint density at radius 3 is 2.29 bits per heavy atom. The van der Waals surface area contributed by atoms with Gasteiger partial charge in [0.15, 0.2) is 0 Å². The summed E-state index contributed by atoms with van der Waals surface area (Å²) >= 11 is 0. The number of hydrogen-bond acceptors (Lipinski definition) is 5. The second-order valence-corrected chi connectivity index (χ2v) is 6.09. The molecule has 1 aromatic rings. The number of nitrogens with one attached hydrogen (secondary N) is 2. The van der Waals surface area contributed by atoms with E-state index in [4.69, 9.17) is 10.7 Å². The Kier molecular flexibility index (Phi) is 8.69. The molecule has 1 saturated heterocycles. The number of rotatable bonds is 5. The number of nitro groups is 1. The van der Waals surface area contributed by atoms with Crippen molar-refractivity contribution in [1.82, 2.24) is 5.32 Å². The van der Waals surface area contributed by atoms with Crippen molar-refractivity contribution in [2.24, 2.45) is 5.92 Å². The number of non-ortho nitro benzene ring substituents is 1. The third kappa shape index (κ3) is 5.33. The van der Waals surface area contributed by atoms with Gasteiger partial charge >= 0.3 is 0 Å². The van der Waals surface area contributed by atoms with E-state index in [2.05, 4.69) is 20.8 Å². The Morgan fingerprint density at radius 2 is 1.86 bits per heavy atom. The largest absolute Gasteiger partial charge is 0.763 e. The molecule has 0 radical (unpaired) electrons. The number of piperidine rings is 1. The van der Waals surface area contributed by atoms with E-state index >= 15 is 0 Å². The number of benzene rings is 1. The van der Waals surface area contributed by atoms with Gasteiger partial charge in [0.2, 0.25) is 5.91 Å². The van der Waals surface area contributed by atoms with Crippen LogP contribution in [0.3, 0.4) is 0 Å². The molecule has 2 rings (SSSR count). The van der Waals surface area contributed by atoms with Gasteiger partial charge in [-0.05, 0) is 26.3 Å². The molecule has 148 valence electrons. The van der Waals surface area contributed by atoms with Crippen molar-refractivity contribution in [2.45, 2.75) is 26.7 Å². The minimum atomic E-state index is -1.29. The molecule has 1 fully saturated rings. The van der Waals surface area contributed by atoms with Crippen molar-refractivity contribution in [3.05, 3.63) is 50.9 Å². The lowest BCUT2D eigenvalue weighted by molar-refractivity contribution is -0.894. The van der Waals surface area contributed by atoms with Gasteiger partial charge in [0.05, 0.1) is 30.6 Å².